The molecule has 0 aromatic rings. The molecule has 0 saturated carbocycles. The lowest BCUT2D eigenvalue weighted by molar-refractivity contribution is 0.122. The Balaban J connectivity index is 2.23. The molecular formula is C11H12N4O4. The van der Waals surface area contributed by atoms with Gasteiger partial charge >= 0.3 is 5.69 Å². The fourth-order valence-corrected chi connectivity index (χ4v) is 2.20. The number of aromatic nitrogens is 3. The molecule has 0 atom stereocenters. The van der Waals surface area contributed by atoms with Gasteiger partial charge in [0.05, 0.1) is 18.9 Å². The summed E-state index contributed by atoms with van der Waals surface area (Å²) in [6.45, 7) is 2.42. The van der Waals surface area contributed by atoms with Crippen LogP contribution in [0.2, 0.25) is 0 Å². The van der Waals surface area contributed by atoms with Gasteiger partial charge in [-0.3, -0.25) is 9.78 Å². The monoisotopic (exact) mass is 264 g/mol. The highest BCUT2D eigenvalue weighted by atomic mass is 16.5. The molecular weight excluding hydrogens is 252 g/mol. The number of nitrogens with one attached hydrogen (secondary N) is 1. The van der Waals surface area contributed by atoms with Crippen LogP contribution in [0, 0.1) is 0 Å². The minimum absolute atomic E-state index is 0.0438. The first-order valence-electron chi connectivity index (χ1n) is 5.84. The summed E-state index contributed by atoms with van der Waals surface area (Å²) in [7, 11) is 0. The Morgan fingerprint density at radius 1 is 1.32 bits per heavy atom. The van der Waals surface area contributed by atoms with E-state index in [-0.39, 0.29) is 11.4 Å². The smallest absolute Gasteiger partial charge is 0.349 e. The van der Waals surface area contributed by atoms with Gasteiger partial charge in [0.1, 0.15) is 5.56 Å². The Morgan fingerprint density at radius 3 is 2.79 bits per heavy atom. The molecule has 1 saturated heterocycles. The van der Waals surface area contributed by atoms with Gasteiger partial charge < -0.3 is 14.8 Å². The molecule has 8 heteroatoms. The van der Waals surface area contributed by atoms with E-state index in [0.29, 0.717) is 36.7 Å². The summed E-state index contributed by atoms with van der Waals surface area (Å²) in [6.07, 6.45) is 1.36. The van der Waals surface area contributed by atoms with Crippen LogP contribution in [0.4, 0.5) is 5.69 Å². The Kier molecular flexibility index (Phi) is 2.71. The number of hydrogen-bond acceptors (Lipinski definition) is 6. The molecule has 100 valence electrons. The maximum absolute atomic E-state index is 11.9. The van der Waals surface area contributed by atoms with Crippen LogP contribution in [0.3, 0.4) is 0 Å². The molecule has 0 spiro atoms. The minimum atomic E-state index is -0.778. The zero-order valence-corrected chi connectivity index (χ0v) is 10.00. The summed E-state index contributed by atoms with van der Waals surface area (Å²) in [4.78, 5) is 30.9. The molecule has 3 heterocycles. The molecule has 1 fully saturated rings. The van der Waals surface area contributed by atoms with E-state index in [2.05, 4.69) is 9.97 Å². The lowest BCUT2D eigenvalue weighted by Gasteiger charge is -2.30. The predicted octanol–water partition coefficient (Wildman–Crippen LogP) is -0.890. The summed E-state index contributed by atoms with van der Waals surface area (Å²) in [5.74, 6) is -0.0438. The number of ether oxygens (including phenoxy) is 1. The van der Waals surface area contributed by atoms with Crippen molar-refractivity contribution in [2.75, 3.05) is 31.2 Å². The predicted molar refractivity (Wildman–Crippen MR) is 66.0 cm³/mol. The van der Waals surface area contributed by atoms with Crippen molar-refractivity contribution >= 4 is 5.69 Å². The summed E-state index contributed by atoms with van der Waals surface area (Å²) in [5, 5.41) is 9.66. The van der Waals surface area contributed by atoms with Gasteiger partial charge in [0.25, 0.3) is 5.56 Å². The summed E-state index contributed by atoms with van der Waals surface area (Å²) in [6, 6.07) is 1.62. The van der Waals surface area contributed by atoms with Crippen molar-refractivity contribution in [2.45, 2.75) is 0 Å². The molecule has 8 nitrogen and oxygen atoms in total. The quantitative estimate of drug-likeness (QED) is 0.648. The zero-order chi connectivity index (χ0) is 13.4. The molecule has 0 aliphatic carbocycles. The van der Waals surface area contributed by atoms with E-state index in [1.54, 1.807) is 6.07 Å². The van der Waals surface area contributed by atoms with Crippen LogP contribution < -0.4 is 16.1 Å². The van der Waals surface area contributed by atoms with Crippen LogP contribution in [0.25, 0.3) is 11.4 Å². The molecule has 0 radical (unpaired) electrons. The number of pyridine rings is 1. The van der Waals surface area contributed by atoms with Crippen LogP contribution in [-0.4, -0.2) is 46.2 Å². The Labute approximate surface area is 107 Å². The molecule has 0 amide bonds. The third-order valence-electron chi connectivity index (χ3n) is 3.08. The van der Waals surface area contributed by atoms with E-state index < -0.39 is 11.2 Å². The van der Waals surface area contributed by atoms with Crippen LogP contribution in [0.5, 0.6) is 0 Å². The molecule has 19 heavy (non-hydrogen) atoms. The molecule has 0 aromatic heterocycles. The zero-order valence-electron chi connectivity index (χ0n) is 10.00. The number of hydrogen-bond donors (Lipinski definition) is 2. The number of nitrogens with zero attached hydrogens (tertiary/aromatic N) is 3. The van der Waals surface area contributed by atoms with Gasteiger partial charge in [0.15, 0.2) is 5.82 Å². The summed E-state index contributed by atoms with van der Waals surface area (Å²) < 4.78 is 5.94. The highest BCUT2D eigenvalue weighted by Crippen LogP contribution is 2.27. The van der Waals surface area contributed by atoms with Gasteiger partial charge in [-0.05, 0) is 6.07 Å². The van der Waals surface area contributed by atoms with Crippen molar-refractivity contribution in [2.24, 2.45) is 0 Å². The van der Waals surface area contributed by atoms with Crippen molar-refractivity contribution in [3.8, 4) is 11.4 Å². The average molecular weight is 264 g/mol. The summed E-state index contributed by atoms with van der Waals surface area (Å²) >= 11 is 0. The average Bonchev–Trinajstić information content (AvgIpc) is 2.41. The second-order valence-electron chi connectivity index (χ2n) is 4.21. The van der Waals surface area contributed by atoms with Crippen molar-refractivity contribution in [1.29, 1.82) is 0 Å². The van der Waals surface area contributed by atoms with E-state index in [4.69, 9.17) is 4.74 Å². The van der Waals surface area contributed by atoms with Crippen molar-refractivity contribution in [1.82, 2.24) is 14.7 Å². The highest BCUT2D eigenvalue weighted by molar-refractivity contribution is 5.74. The van der Waals surface area contributed by atoms with Gasteiger partial charge in [0, 0.05) is 19.3 Å². The topological polar surface area (TPSA) is 100 Å². The lowest BCUT2D eigenvalue weighted by atomic mass is 10.1. The number of fused-ring (bicyclic) bond motifs is 1. The fraction of sp³-hybridized carbons (Fsp3) is 0.364. The number of rotatable bonds is 1. The van der Waals surface area contributed by atoms with Gasteiger partial charge in [0.2, 0.25) is 0 Å². The largest absolute Gasteiger partial charge is 0.427 e. The van der Waals surface area contributed by atoms with E-state index in [0.717, 1.165) is 0 Å². The Hall–Kier alpha value is -2.35. The molecule has 2 N–H and O–H groups in total. The van der Waals surface area contributed by atoms with E-state index >= 15 is 0 Å². The molecule has 3 rings (SSSR count). The molecule has 3 aliphatic heterocycles. The minimum Gasteiger partial charge on any atom is -0.427 e. The molecule has 0 unspecified atom stereocenters. The second kappa shape index (κ2) is 4.39. The second-order valence-corrected chi connectivity index (χ2v) is 4.21. The fourth-order valence-electron chi connectivity index (χ4n) is 2.20. The number of morpholine rings is 1. The van der Waals surface area contributed by atoms with Crippen molar-refractivity contribution < 1.29 is 9.94 Å². The Morgan fingerprint density at radius 2 is 2.05 bits per heavy atom. The normalized spacial score (nSPS) is 15.9. The maximum Gasteiger partial charge on any atom is 0.349 e. The van der Waals surface area contributed by atoms with Gasteiger partial charge in [-0.15, -0.1) is 0 Å². The molecule has 3 aliphatic rings. The number of H-pyrrole nitrogens is 1. The third-order valence-corrected chi connectivity index (χ3v) is 3.08. The molecule has 0 bridgehead atoms. The van der Waals surface area contributed by atoms with E-state index in [1.807, 2.05) is 4.90 Å². The van der Waals surface area contributed by atoms with E-state index in [9.17, 15) is 14.8 Å². The van der Waals surface area contributed by atoms with Gasteiger partial charge in [-0.25, -0.2) is 4.79 Å². The third kappa shape index (κ3) is 1.95. The van der Waals surface area contributed by atoms with Crippen LogP contribution in [0.15, 0.2) is 21.9 Å². The summed E-state index contributed by atoms with van der Waals surface area (Å²) in [5.41, 5.74) is -0.497. The maximum atomic E-state index is 11.9. The Bertz CT molecular complexity index is 686. The SMILES string of the molecule is O=c1nc2n(O)ccc(N3CCOCC3)c-2c(=O)[nH]1. The first-order chi connectivity index (χ1) is 9.16. The number of anilines is 1. The van der Waals surface area contributed by atoms with Gasteiger partial charge in [-0.1, -0.05) is 0 Å². The first kappa shape index (κ1) is 11.7. The van der Waals surface area contributed by atoms with Crippen molar-refractivity contribution in [3.63, 3.8) is 0 Å². The highest BCUT2D eigenvalue weighted by Gasteiger charge is 2.23. The first-order valence-corrected chi connectivity index (χ1v) is 5.84. The molecule has 0 aromatic carbocycles. The van der Waals surface area contributed by atoms with Crippen LogP contribution >= 0.6 is 0 Å². The standard InChI is InChI=1S/C11H12N4O4/c16-10-8-7(14-3-5-19-6-4-14)1-2-15(18)9(8)12-11(17)13-10/h1-2,18H,3-6H2,(H,13,16,17). The van der Waals surface area contributed by atoms with Crippen LogP contribution in [-0.2, 0) is 4.74 Å². The lowest BCUT2D eigenvalue weighted by Crippen LogP contribution is -2.38. The van der Waals surface area contributed by atoms with Gasteiger partial charge in [-0.2, -0.15) is 9.71 Å². The van der Waals surface area contributed by atoms with Crippen LogP contribution in [0.1, 0.15) is 0 Å². The van der Waals surface area contributed by atoms with E-state index in [1.165, 1.54) is 6.20 Å². The number of aromatic amines is 1. The van der Waals surface area contributed by atoms with Crippen molar-refractivity contribution in [3.05, 3.63) is 33.1 Å².